The summed E-state index contributed by atoms with van der Waals surface area (Å²) < 4.78 is 8.47. The molecule has 0 bridgehead atoms. The van der Waals surface area contributed by atoms with Crippen molar-refractivity contribution in [3.8, 4) is 0 Å². The summed E-state index contributed by atoms with van der Waals surface area (Å²) in [5.41, 5.74) is 10.0. The van der Waals surface area contributed by atoms with Crippen LogP contribution in [0.1, 0.15) is 39.3 Å². The fraction of sp³-hybridized carbons (Fsp3) is 0.233. The molecule has 0 aliphatic carbocycles. The van der Waals surface area contributed by atoms with E-state index in [-0.39, 0.29) is 0 Å². The molecule has 7 aromatic rings. The third kappa shape index (κ3) is 21.7. The molecule has 0 aliphatic heterocycles. The predicted molar refractivity (Wildman–Crippen MR) is 176 cm³/mol. The highest BCUT2D eigenvalue weighted by Crippen LogP contribution is 2.01. The highest BCUT2D eigenvalue weighted by Gasteiger charge is 1.79. The van der Waals surface area contributed by atoms with Crippen LogP contribution in [0.4, 0.5) is 0 Å². The maximum absolute atomic E-state index is 4.60. The Kier molecular flexibility index (Phi) is 20.1. The van der Waals surface area contributed by atoms with E-state index in [0.717, 1.165) is 17.1 Å². The van der Waals surface area contributed by atoms with Crippen molar-refractivity contribution < 1.29 is 4.42 Å². The van der Waals surface area contributed by atoms with Crippen LogP contribution >= 0.6 is 34.2 Å². The summed E-state index contributed by atoms with van der Waals surface area (Å²) in [6.07, 6.45) is 14.1. The van der Waals surface area contributed by atoms with Gasteiger partial charge in [-0.05, 0) is 111 Å². The lowest BCUT2D eigenvalue weighted by molar-refractivity contribution is 0.557. The van der Waals surface area contributed by atoms with Crippen molar-refractivity contribution in [2.24, 2.45) is 0 Å². The molecular weight excluding hydrogens is 585 g/mol. The number of aromatic nitrogens is 8. The summed E-state index contributed by atoms with van der Waals surface area (Å²) in [5.74, 6) is 0. The van der Waals surface area contributed by atoms with Gasteiger partial charge in [0.05, 0.1) is 17.4 Å². The van der Waals surface area contributed by atoms with Gasteiger partial charge in [-0.1, -0.05) is 0 Å². The minimum Gasteiger partial charge on any atom is -0.452 e. The van der Waals surface area contributed by atoms with E-state index in [1.165, 1.54) is 40.2 Å². The smallest absolute Gasteiger partial charge is 0.180 e. The molecule has 9 nitrogen and oxygen atoms in total. The quantitative estimate of drug-likeness (QED) is 0.155. The molecule has 7 rings (SSSR count). The van der Waals surface area contributed by atoms with Gasteiger partial charge in [-0.15, -0.1) is 11.3 Å². The zero-order valence-electron chi connectivity index (χ0n) is 25.1. The number of thiazole rings is 1. The van der Waals surface area contributed by atoms with Crippen molar-refractivity contribution in [1.82, 2.24) is 39.7 Å². The summed E-state index contributed by atoms with van der Waals surface area (Å²) >= 11 is 4.86. The second-order valence-electron chi connectivity index (χ2n) is 8.67. The van der Waals surface area contributed by atoms with E-state index >= 15 is 0 Å². The summed E-state index contributed by atoms with van der Waals surface area (Å²) in [7, 11) is 0. The van der Waals surface area contributed by atoms with Crippen molar-refractivity contribution in [3.63, 3.8) is 0 Å². The molecule has 3 N–H and O–H groups in total. The van der Waals surface area contributed by atoms with Gasteiger partial charge in [0, 0.05) is 53.1 Å². The molecule has 42 heavy (non-hydrogen) atoms. The van der Waals surface area contributed by atoms with Crippen molar-refractivity contribution in [1.29, 1.82) is 0 Å². The minimum atomic E-state index is 0.926. The van der Waals surface area contributed by atoms with Gasteiger partial charge >= 0.3 is 0 Å². The molecule has 0 unspecified atom stereocenters. The van der Waals surface area contributed by atoms with Gasteiger partial charge in [0.25, 0.3) is 0 Å². The van der Waals surface area contributed by atoms with Gasteiger partial charge in [-0.3, -0.25) is 15.2 Å². The Morgan fingerprint density at radius 3 is 1.71 bits per heavy atom. The lowest BCUT2D eigenvalue weighted by Gasteiger charge is -1.68. The first kappa shape index (κ1) is 35.9. The first-order valence-electron chi connectivity index (χ1n) is 12.8. The number of aryl methyl sites for hydroxylation is 7. The van der Waals surface area contributed by atoms with Crippen LogP contribution in [0.25, 0.3) is 0 Å². The van der Waals surface area contributed by atoms with Gasteiger partial charge in [0.15, 0.2) is 6.39 Å². The predicted octanol–water partition coefficient (Wildman–Crippen LogP) is 8.70. The van der Waals surface area contributed by atoms with Crippen LogP contribution in [-0.4, -0.2) is 39.7 Å². The number of oxazole rings is 1. The van der Waals surface area contributed by atoms with E-state index < -0.39 is 0 Å². The van der Waals surface area contributed by atoms with E-state index in [2.05, 4.69) is 74.8 Å². The fourth-order valence-electron chi connectivity index (χ4n) is 2.18. The Balaban J connectivity index is 0.000000245. The molecule has 7 aromatic heterocycles. The lowest BCUT2D eigenvalue weighted by atomic mass is 10.4. The van der Waals surface area contributed by atoms with Crippen LogP contribution in [0.2, 0.25) is 0 Å². The molecule has 0 spiro atoms. The van der Waals surface area contributed by atoms with E-state index in [1.54, 1.807) is 41.3 Å². The molecule has 224 valence electrons. The molecule has 0 aromatic carbocycles. The Bertz CT molecular complexity index is 1090. The maximum atomic E-state index is 4.60. The Morgan fingerprint density at radius 1 is 0.714 bits per heavy atom. The van der Waals surface area contributed by atoms with Gasteiger partial charge in [0.1, 0.15) is 6.26 Å². The number of hydrogen-bond donors (Lipinski definition) is 3. The molecule has 0 saturated carbocycles. The molecule has 0 atom stereocenters. The molecule has 0 aliphatic rings. The van der Waals surface area contributed by atoms with Gasteiger partial charge in [-0.25, -0.2) is 9.36 Å². The van der Waals surface area contributed by atoms with Crippen LogP contribution in [-0.2, 0) is 0 Å². The second-order valence-corrected chi connectivity index (χ2v) is 10.8. The van der Waals surface area contributed by atoms with Gasteiger partial charge < -0.3 is 9.40 Å². The van der Waals surface area contributed by atoms with Gasteiger partial charge in [0.2, 0.25) is 0 Å². The van der Waals surface area contributed by atoms with Crippen molar-refractivity contribution >= 4 is 34.2 Å². The van der Waals surface area contributed by atoms with Crippen LogP contribution in [0.15, 0.2) is 99.5 Å². The number of aromatic amines is 3. The summed E-state index contributed by atoms with van der Waals surface area (Å²) in [6.45, 7) is 14.0. The SMILES string of the molecule is Cc1cc[nH]c1.Cc1ccn[nH]1.Cc1ccsc1.Cc1cn[nH]c1.Cc1cnsc1.Cc1cocn1.Cc1cscn1. The number of nitrogens with one attached hydrogen (secondary N) is 3. The number of thiophene rings is 1. The number of rotatable bonds is 0. The number of H-pyrrole nitrogens is 3. The summed E-state index contributed by atoms with van der Waals surface area (Å²) in [5, 5.41) is 21.1. The first-order valence-corrected chi connectivity index (χ1v) is 15.5. The summed E-state index contributed by atoms with van der Waals surface area (Å²) in [6, 6.07) is 6.05. The largest absolute Gasteiger partial charge is 0.452 e. The highest BCUT2D eigenvalue weighted by atomic mass is 32.1. The molecule has 0 saturated heterocycles. The monoisotopic (exact) mass is 624 g/mol. The van der Waals surface area contributed by atoms with Gasteiger partial charge in [-0.2, -0.15) is 21.5 Å². The molecule has 12 heteroatoms. The normalized spacial score (nSPS) is 8.83. The Labute approximate surface area is 260 Å². The summed E-state index contributed by atoms with van der Waals surface area (Å²) in [4.78, 5) is 10.6. The van der Waals surface area contributed by atoms with Crippen molar-refractivity contribution in [2.75, 3.05) is 0 Å². The van der Waals surface area contributed by atoms with E-state index in [1.807, 2.05) is 87.8 Å². The molecule has 7 heterocycles. The van der Waals surface area contributed by atoms with E-state index in [0.29, 0.717) is 0 Å². The first-order chi connectivity index (χ1) is 20.3. The van der Waals surface area contributed by atoms with E-state index in [4.69, 9.17) is 0 Å². The van der Waals surface area contributed by atoms with Crippen molar-refractivity contribution in [3.05, 3.63) is 134 Å². The van der Waals surface area contributed by atoms with Crippen LogP contribution in [0, 0.1) is 48.5 Å². The van der Waals surface area contributed by atoms with Crippen LogP contribution < -0.4 is 0 Å². The topological polar surface area (TPSA) is 125 Å². The van der Waals surface area contributed by atoms with Crippen LogP contribution in [0.3, 0.4) is 0 Å². The van der Waals surface area contributed by atoms with E-state index in [9.17, 15) is 0 Å². The third-order valence-corrected chi connectivity index (χ3v) is 6.57. The van der Waals surface area contributed by atoms with Crippen LogP contribution in [0.5, 0.6) is 0 Å². The highest BCUT2D eigenvalue weighted by molar-refractivity contribution is 7.08. The zero-order valence-corrected chi connectivity index (χ0v) is 27.6. The zero-order chi connectivity index (χ0) is 30.8. The third-order valence-electron chi connectivity index (χ3n) is 4.36. The Hall–Kier alpha value is -4.13. The average Bonchev–Trinajstić information content (AvgIpc) is 3.79. The molecular formula is C30H40N8OS3. The molecule has 0 fully saturated rings. The molecule has 0 radical (unpaired) electrons. The fourth-order valence-corrected chi connectivity index (χ4v) is 3.91. The van der Waals surface area contributed by atoms with Crippen molar-refractivity contribution in [2.45, 2.75) is 48.5 Å². The minimum absolute atomic E-state index is 0.926. The Morgan fingerprint density at radius 2 is 1.55 bits per heavy atom. The number of nitrogens with zero attached hydrogens (tertiary/aromatic N) is 5. The standard InChI is InChI=1S/C5H7N.C5H6S.2C4H6N2.C4H5NO.2C4H5NS/c2*1-5-2-3-6-4-5;1-4-2-5-6-3-4;1-4-2-3-5-6-4;2*1-4-2-6-3-5-4;1-4-2-5-6-3-4/h2-4,6H,1H3;2-4H,1H3;2*2-3H,1H3,(H,5,6);3*2-3H,1H3. The maximum Gasteiger partial charge on any atom is 0.180 e. The average molecular weight is 625 g/mol. The second kappa shape index (κ2) is 23.6. The number of hydrogen-bond acceptors (Lipinski definition) is 9. The lowest BCUT2D eigenvalue weighted by Crippen LogP contribution is -1.65. The molecule has 0 amide bonds.